The Morgan fingerprint density at radius 1 is 0.854 bits per heavy atom. The molecule has 41 heavy (non-hydrogen) atoms. The number of rotatable bonds is 15. The Bertz CT molecular complexity index is 1420. The number of carboxylic acid groups (broad SMARTS) is 2. The number of para-hydroxylation sites is 1. The lowest BCUT2D eigenvalue weighted by atomic mass is 10.0. The van der Waals surface area contributed by atoms with Crippen LogP contribution in [0.1, 0.15) is 24.1 Å². The van der Waals surface area contributed by atoms with Crippen molar-refractivity contribution in [3.63, 3.8) is 0 Å². The van der Waals surface area contributed by atoms with Crippen LogP contribution in [0.15, 0.2) is 43.0 Å². The number of nitrogens with two attached hydrogens (primary N) is 2. The summed E-state index contributed by atoms with van der Waals surface area (Å²) < 4.78 is 0. The number of aromatic amines is 2. The molecule has 3 rings (SSSR count). The summed E-state index contributed by atoms with van der Waals surface area (Å²) in [6, 6.07) is 1.29. The minimum Gasteiger partial charge on any atom is -0.481 e. The first-order chi connectivity index (χ1) is 19.4. The van der Waals surface area contributed by atoms with E-state index in [1.807, 2.05) is 11.4 Å². The fourth-order valence-electron chi connectivity index (χ4n) is 4.06. The molecule has 16 heteroatoms. The van der Waals surface area contributed by atoms with E-state index in [0.717, 1.165) is 10.9 Å². The van der Waals surface area contributed by atoms with Crippen LogP contribution in [0.5, 0.6) is 0 Å². The van der Waals surface area contributed by atoms with Crippen molar-refractivity contribution >= 4 is 46.5 Å². The van der Waals surface area contributed by atoms with Crippen LogP contribution in [0.25, 0.3) is 10.9 Å². The number of aromatic nitrogens is 3. The molecule has 0 saturated carbocycles. The molecule has 0 aliphatic rings. The van der Waals surface area contributed by atoms with E-state index in [1.54, 1.807) is 24.4 Å². The lowest BCUT2D eigenvalue weighted by Gasteiger charge is -2.24. The Kier molecular flexibility index (Phi) is 10.1. The monoisotopic (exact) mass is 570 g/mol. The summed E-state index contributed by atoms with van der Waals surface area (Å²) in [4.78, 5) is 83.0. The predicted octanol–water partition coefficient (Wildman–Crippen LogP) is -2.11. The van der Waals surface area contributed by atoms with Crippen molar-refractivity contribution in [3.05, 3.63) is 54.2 Å². The van der Waals surface area contributed by atoms with E-state index >= 15 is 0 Å². The molecule has 2 aromatic heterocycles. The Balaban J connectivity index is 1.83. The molecular formula is C25H30N8O8. The van der Waals surface area contributed by atoms with Crippen LogP contribution in [-0.2, 0) is 41.6 Å². The second kappa shape index (κ2) is 13.7. The largest absolute Gasteiger partial charge is 0.481 e. The number of hydrogen-bond donors (Lipinski definition) is 9. The zero-order valence-electron chi connectivity index (χ0n) is 21.6. The second-order valence-electron chi connectivity index (χ2n) is 9.24. The number of aliphatic carboxylic acids is 2. The number of benzene rings is 1. The highest BCUT2D eigenvalue weighted by molar-refractivity contribution is 5.97. The van der Waals surface area contributed by atoms with Crippen LogP contribution < -0.4 is 27.4 Å². The van der Waals surface area contributed by atoms with Crippen molar-refractivity contribution in [1.82, 2.24) is 30.9 Å². The number of amides is 4. The maximum Gasteiger partial charge on any atom is 0.326 e. The van der Waals surface area contributed by atoms with Gasteiger partial charge in [-0.15, -0.1) is 0 Å². The number of nitrogens with zero attached hydrogens (tertiary/aromatic N) is 1. The molecule has 3 aromatic rings. The molecule has 4 amide bonds. The Morgan fingerprint density at radius 3 is 2.15 bits per heavy atom. The van der Waals surface area contributed by atoms with Crippen molar-refractivity contribution < 1.29 is 39.0 Å². The molecule has 4 unspecified atom stereocenters. The van der Waals surface area contributed by atoms with E-state index in [9.17, 15) is 39.0 Å². The van der Waals surface area contributed by atoms with Gasteiger partial charge in [0.2, 0.25) is 23.6 Å². The third-order valence-electron chi connectivity index (χ3n) is 6.10. The van der Waals surface area contributed by atoms with Gasteiger partial charge in [0.1, 0.15) is 18.1 Å². The van der Waals surface area contributed by atoms with Crippen molar-refractivity contribution in [2.24, 2.45) is 11.5 Å². The van der Waals surface area contributed by atoms with Gasteiger partial charge in [-0.2, -0.15) is 0 Å². The Hall–Kier alpha value is -5.25. The molecule has 0 saturated heterocycles. The van der Waals surface area contributed by atoms with E-state index in [1.165, 1.54) is 12.5 Å². The Labute approximate surface area is 232 Å². The first-order valence-electron chi connectivity index (χ1n) is 12.4. The molecule has 0 fully saturated rings. The highest BCUT2D eigenvalue weighted by Crippen LogP contribution is 2.19. The molecule has 2 heterocycles. The van der Waals surface area contributed by atoms with Gasteiger partial charge in [0, 0.05) is 41.8 Å². The Morgan fingerprint density at radius 2 is 1.51 bits per heavy atom. The molecule has 0 radical (unpaired) electrons. The van der Waals surface area contributed by atoms with Gasteiger partial charge >= 0.3 is 11.9 Å². The number of hydrogen-bond acceptors (Lipinski definition) is 8. The number of primary amides is 1. The fourth-order valence-corrected chi connectivity index (χ4v) is 4.06. The first-order valence-corrected chi connectivity index (χ1v) is 12.4. The molecule has 0 spiro atoms. The zero-order valence-corrected chi connectivity index (χ0v) is 21.6. The second-order valence-corrected chi connectivity index (χ2v) is 9.24. The van der Waals surface area contributed by atoms with Gasteiger partial charge in [-0.1, -0.05) is 18.2 Å². The van der Waals surface area contributed by atoms with Crippen LogP contribution in [0.2, 0.25) is 0 Å². The average Bonchev–Trinajstić information content (AvgIpc) is 3.56. The summed E-state index contributed by atoms with van der Waals surface area (Å²) in [5, 5.41) is 26.2. The van der Waals surface area contributed by atoms with Crippen molar-refractivity contribution in [3.8, 4) is 0 Å². The number of fused-ring (bicyclic) bond motifs is 1. The molecule has 218 valence electrons. The fraction of sp³-hybridized carbons (Fsp3) is 0.320. The van der Waals surface area contributed by atoms with E-state index in [0.29, 0.717) is 11.3 Å². The maximum absolute atomic E-state index is 13.4. The van der Waals surface area contributed by atoms with Crippen LogP contribution >= 0.6 is 0 Å². The predicted molar refractivity (Wildman–Crippen MR) is 142 cm³/mol. The minimum atomic E-state index is -1.75. The highest BCUT2D eigenvalue weighted by Gasteiger charge is 2.32. The molecule has 11 N–H and O–H groups in total. The highest BCUT2D eigenvalue weighted by atomic mass is 16.4. The van der Waals surface area contributed by atoms with Gasteiger partial charge in [0.25, 0.3) is 0 Å². The smallest absolute Gasteiger partial charge is 0.326 e. The molecule has 0 aliphatic heterocycles. The number of H-pyrrole nitrogens is 2. The normalized spacial score (nSPS) is 13.9. The van der Waals surface area contributed by atoms with Gasteiger partial charge in [0.05, 0.1) is 25.2 Å². The molecular weight excluding hydrogens is 540 g/mol. The molecule has 0 bridgehead atoms. The summed E-state index contributed by atoms with van der Waals surface area (Å²) in [6.07, 6.45) is 2.87. The van der Waals surface area contributed by atoms with Crippen LogP contribution in [0.4, 0.5) is 0 Å². The van der Waals surface area contributed by atoms with Gasteiger partial charge in [-0.3, -0.25) is 24.0 Å². The topological polar surface area (TPSA) is 275 Å². The summed E-state index contributed by atoms with van der Waals surface area (Å²) in [7, 11) is 0. The first kappa shape index (κ1) is 30.3. The van der Waals surface area contributed by atoms with E-state index < -0.39 is 72.6 Å². The molecule has 4 atom stereocenters. The summed E-state index contributed by atoms with van der Waals surface area (Å²) >= 11 is 0. The maximum atomic E-state index is 13.4. The van der Waals surface area contributed by atoms with Crippen LogP contribution in [-0.4, -0.2) is 84.9 Å². The lowest BCUT2D eigenvalue weighted by Crippen LogP contribution is -2.58. The number of nitrogens with one attached hydrogen (secondary N) is 5. The van der Waals surface area contributed by atoms with Crippen molar-refractivity contribution in [1.29, 1.82) is 0 Å². The average molecular weight is 571 g/mol. The zero-order chi connectivity index (χ0) is 30.1. The van der Waals surface area contributed by atoms with E-state index in [2.05, 4.69) is 25.6 Å². The number of imidazole rings is 1. The summed E-state index contributed by atoms with van der Waals surface area (Å²) in [5.74, 6) is -6.90. The number of carbonyl (C=O) groups excluding carboxylic acids is 4. The van der Waals surface area contributed by atoms with Gasteiger partial charge in [0.15, 0.2) is 0 Å². The van der Waals surface area contributed by atoms with Crippen LogP contribution in [0, 0.1) is 0 Å². The lowest BCUT2D eigenvalue weighted by molar-refractivity contribution is -0.144. The molecule has 0 aliphatic carbocycles. The molecule has 16 nitrogen and oxygen atoms in total. The van der Waals surface area contributed by atoms with Crippen molar-refractivity contribution in [2.75, 3.05) is 0 Å². The summed E-state index contributed by atoms with van der Waals surface area (Å²) in [6.45, 7) is 0. The molecule has 1 aromatic carbocycles. The van der Waals surface area contributed by atoms with Gasteiger partial charge < -0.3 is 47.6 Å². The third kappa shape index (κ3) is 8.62. The number of carboxylic acids is 2. The van der Waals surface area contributed by atoms with Gasteiger partial charge in [-0.25, -0.2) is 9.78 Å². The van der Waals surface area contributed by atoms with E-state index in [4.69, 9.17) is 11.5 Å². The summed E-state index contributed by atoms with van der Waals surface area (Å²) in [5.41, 5.74) is 13.0. The standard InChI is InChI=1S/C25H30N8O8/c26-15(6-13-10-28-11-30-13)22(37)31-17(5-12-9-29-16-4-2-1-3-14(12)16)23(38)32-18(8-21(35)36)24(39)33-19(25(40)41)7-20(27)34/h1-4,9-11,15,17-19,29H,5-8,26H2,(H2,27,34)(H,28,30)(H,31,37)(H,32,38)(H,33,39)(H,35,36)(H,40,41). The van der Waals surface area contributed by atoms with E-state index in [-0.39, 0.29) is 12.8 Å². The van der Waals surface area contributed by atoms with Crippen LogP contribution in [0.3, 0.4) is 0 Å². The SMILES string of the molecule is NC(=O)CC(NC(=O)C(CC(=O)O)NC(=O)C(Cc1c[nH]c2ccccc12)NC(=O)C(N)Cc1cnc[nH]1)C(=O)O. The van der Waals surface area contributed by atoms with Crippen molar-refractivity contribution in [2.45, 2.75) is 49.9 Å². The number of carbonyl (C=O) groups is 6. The quantitative estimate of drug-likeness (QED) is 0.0959. The minimum absolute atomic E-state index is 0.0702. The van der Waals surface area contributed by atoms with Gasteiger partial charge in [-0.05, 0) is 11.6 Å². The third-order valence-corrected chi connectivity index (χ3v) is 6.10.